The van der Waals surface area contributed by atoms with Crippen molar-refractivity contribution >= 4 is 8.95 Å². The summed E-state index contributed by atoms with van der Waals surface area (Å²) in [6.07, 6.45) is 0. The van der Waals surface area contributed by atoms with Gasteiger partial charge in [0.25, 0.3) is 0 Å². The summed E-state index contributed by atoms with van der Waals surface area (Å²) in [5.41, 5.74) is 0. The van der Waals surface area contributed by atoms with Gasteiger partial charge in [-0.25, -0.2) is 0 Å². The first-order chi connectivity index (χ1) is 2.41. The number of hydrogen-bond donors (Lipinski definition) is 0. The first-order valence-corrected chi connectivity index (χ1v) is 2.50. The summed E-state index contributed by atoms with van der Waals surface area (Å²) in [5, 5.41) is 0. The third-order valence-corrected chi connectivity index (χ3v) is 0.427. The summed E-state index contributed by atoms with van der Waals surface area (Å²) < 4.78 is 2.87. The molecule has 0 atom stereocenters. The minimum atomic E-state index is -0.842. The van der Waals surface area contributed by atoms with E-state index in [1.54, 1.807) is 0 Å². The van der Waals surface area contributed by atoms with Crippen LogP contribution in [0.3, 0.4) is 0 Å². The molecule has 0 radical (unpaired) electrons. The summed E-state index contributed by atoms with van der Waals surface area (Å²) >= 11 is -0.842. The SMILES string of the molecule is O=[C]=[Ru]=[C]=O. The standard InChI is InChI=1S/2CO.Ru/c2*1-2;. The van der Waals surface area contributed by atoms with Crippen molar-refractivity contribution in [1.82, 2.24) is 0 Å². The molecule has 28 valence electrons. The molecule has 0 bridgehead atoms. The Labute approximate surface area is 35.4 Å². The molecule has 0 N–H and O–H groups in total. The molecular formula is C2O2Ru. The van der Waals surface area contributed by atoms with E-state index in [9.17, 15) is 0 Å². The second kappa shape index (κ2) is 3.78. The Balaban J connectivity index is 4.38. The van der Waals surface area contributed by atoms with Crippen LogP contribution in [0, 0.1) is 0 Å². The Bertz CT molecular complexity index is 99.6. The van der Waals surface area contributed by atoms with E-state index >= 15 is 0 Å². The summed E-state index contributed by atoms with van der Waals surface area (Å²) in [5.74, 6) is 0. The molecule has 0 fully saturated rings. The Morgan fingerprint density at radius 3 is 1.60 bits per heavy atom. The van der Waals surface area contributed by atoms with Gasteiger partial charge in [0, 0.05) is 0 Å². The van der Waals surface area contributed by atoms with E-state index in [2.05, 4.69) is 0 Å². The van der Waals surface area contributed by atoms with Crippen LogP contribution in [0.15, 0.2) is 0 Å². The Morgan fingerprint density at radius 1 is 1.20 bits per heavy atom. The van der Waals surface area contributed by atoms with E-state index in [1.165, 1.54) is 8.95 Å². The summed E-state index contributed by atoms with van der Waals surface area (Å²) in [6, 6.07) is 0. The van der Waals surface area contributed by atoms with E-state index in [4.69, 9.17) is 9.59 Å². The molecule has 0 aromatic heterocycles. The van der Waals surface area contributed by atoms with E-state index < -0.39 is 16.2 Å². The van der Waals surface area contributed by atoms with Crippen LogP contribution in [0.25, 0.3) is 0 Å². The zero-order chi connectivity index (χ0) is 4.12. The van der Waals surface area contributed by atoms with E-state index in [0.29, 0.717) is 0 Å². The maximum absolute atomic E-state index is 9.06. The number of rotatable bonds is 0. The first-order valence-electron chi connectivity index (χ1n) is 0.762. The van der Waals surface area contributed by atoms with Crippen LogP contribution in [-0.2, 0) is 25.8 Å². The zero-order valence-corrected chi connectivity index (χ0v) is 3.91. The van der Waals surface area contributed by atoms with Gasteiger partial charge in [0.2, 0.25) is 0 Å². The zero-order valence-electron chi connectivity index (χ0n) is 2.17. The molecule has 0 spiro atoms. The van der Waals surface area contributed by atoms with E-state index in [0.717, 1.165) is 0 Å². The van der Waals surface area contributed by atoms with Crippen LogP contribution >= 0.6 is 0 Å². The van der Waals surface area contributed by atoms with Gasteiger partial charge in [-0.05, 0) is 0 Å². The average Bonchev–Trinajstić information content (AvgIpc) is 1.41. The van der Waals surface area contributed by atoms with Crippen molar-refractivity contribution in [1.29, 1.82) is 0 Å². The van der Waals surface area contributed by atoms with Crippen LogP contribution in [0.5, 0.6) is 0 Å². The van der Waals surface area contributed by atoms with Crippen molar-refractivity contribution in [2.45, 2.75) is 0 Å². The van der Waals surface area contributed by atoms with Gasteiger partial charge in [-0.3, -0.25) is 0 Å². The molecule has 3 heteroatoms. The molecule has 0 saturated carbocycles. The molecule has 0 amide bonds. The van der Waals surface area contributed by atoms with Gasteiger partial charge in [-0.2, -0.15) is 0 Å². The van der Waals surface area contributed by atoms with Crippen molar-refractivity contribution in [3.63, 3.8) is 0 Å². The maximum atomic E-state index is 9.06. The van der Waals surface area contributed by atoms with Crippen molar-refractivity contribution in [3.05, 3.63) is 0 Å². The fourth-order valence-electron chi connectivity index (χ4n) is 0.0147. The van der Waals surface area contributed by atoms with Crippen LogP contribution < -0.4 is 0 Å². The van der Waals surface area contributed by atoms with Crippen molar-refractivity contribution in [2.75, 3.05) is 0 Å². The third-order valence-electron chi connectivity index (χ3n) is 0.0722. The van der Waals surface area contributed by atoms with Gasteiger partial charge in [0.15, 0.2) is 0 Å². The molecule has 0 aromatic rings. The molecule has 0 saturated heterocycles. The quantitative estimate of drug-likeness (QED) is 0.431. The molecule has 0 aliphatic carbocycles. The molecule has 0 aromatic carbocycles. The second-order valence-corrected chi connectivity index (χ2v) is 1.38. The predicted octanol–water partition coefficient (Wildman–Crippen LogP) is -0.797. The monoisotopic (exact) mass is 158 g/mol. The van der Waals surface area contributed by atoms with Crippen LogP contribution in [0.2, 0.25) is 0 Å². The number of hydrogen-bond acceptors (Lipinski definition) is 2. The summed E-state index contributed by atoms with van der Waals surface area (Å²) in [7, 11) is 0. The molecule has 0 unspecified atom stereocenters. The molecule has 0 rings (SSSR count). The van der Waals surface area contributed by atoms with E-state index in [1.807, 2.05) is 0 Å². The van der Waals surface area contributed by atoms with Gasteiger partial charge in [0.1, 0.15) is 0 Å². The Morgan fingerprint density at radius 2 is 1.60 bits per heavy atom. The van der Waals surface area contributed by atoms with Crippen molar-refractivity contribution in [3.8, 4) is 0 Å². The van der Waals surface area contributed by atoms with Gasteiger partial charge in [0.05, 0.1) is 0 Å². The first kappa shape index (κ1) is 4.78. The van der Waals surface area contributed by atoms with E-state index in [-0.39, 0.29) is 0 Å². The summed E-state index contributed by atoms with van der Waals surface area (Å²) in [4.78, 5) is 18.1. The van der Waals surface area contributed by atoms with Crippen molar-refractivity contribution < 1.29 is 25.8 Å². The topological polar surface area (TPSA) is 34.1 Å². The van der Waals surface area contributed by atoms with Crippen LogP contribution in [0.4, 0.5) is 0 Å². The predicted molar refractivity (Wildman–Crippen MR) is 11.4 cm³/mol. The van der Waals surface area contributed by atoms with Crippen LogP contribution in [-0.4, -0.2) is 8.95 Å². The second-order valence-electron chi connectivity index (χ2n) is 0.233. The summed E-state index contributed by atoms with van der Waals surface area (Å²) in [6.45, 7) is 0. The molecule has 0 aliphatic heterocycles. The molecule has 0 heterocycles. The molecule has 2 nitrogen and oxygen atoms in total. The van der Waals surface area contributed by atoms with Crippen molar-refractivity contribution in [2.24, 2.45) is 0 Å². The normalized spacial score (nSPS) is 4.80. The van der Waals surface area contributed by atoms with Crippen LogP contribution in [0.1, 0.15) is 0 Å². The van der Waals surface area contributed by atoms with Gasteiger partial charge in [-0.15, -0.1) is 0 Å². The molecule has 0 aliphatic rings. The van der Waals surface area contributed by atoms with Gasteiger partial charge < -0.3 is 0 Å². The fraction of sp³-hybridized carbons (Fsp3) is 0. The number of carbonyl (C=O) groups excluding carboxylic acids is 2. The Kier molecular flexibility index (Phi) is 3.62. The molecule has 5 heavy (non-hydrogen) atoms. The minimum absolute atomic E-state index is 0.842. The Hall–Kier alpha value is -0.217. The molecular weight excluding hydrogens is 157 g/mol. The third kappa shape index (κ3) is 3.78. The fourth-order valence-corrected chi connectivity index (χ4v) is 0.0872. The van der Waals surface area contributed by atoms with Gasteiger partial charge >= 0.3 is 34.8 Å². The average molecular weight is 157 g/mol. The van der Waals surface area contributed by atoms with Gasteiger partial charge in [-0.1, -0.05) is 0 Å².